The van der Waals surface area contributed by atoms with Gasteiger partial charge in [0.25, 0.3) is 0 Å². The third kappa shape index (κ3) is 4.51. The third-order valence-electron chi connectivity index (χ3n) is 9.24. The first-order valence-electron chi connectivity index (χ1n) is 13.5. The van der Waals surface area contributed by atoms with Crippen molar-refractivity contribution in [3.8, 4) is 0 Å². The SMILES string of the molecule is CS(=O)(=O)N(CC(=O)N1CCN(c2ccccc2)CC1)c1ccc(C23CC4CC(CC(C4)C2)C3)cc1. The predicted octanol–water partition coefficient (Wildman–Crippen LogP) is 4.27. The summed E-state index contributed by atoms with van der Waals surface area (Å²) < 4.78 is 26.8. The minimum Gasteiger partial charge on any atom is -0.368 e. The molecule has 7 heteroatoms. The molecule has 4 bridgehead atoms. The van der Waals surface area contributed by atoms with Crippen molar-refractivity contribution in [3.05, 3.63) is 60.2 Å². The minimum absolute atomic E-state index is 0.140. The van der Waals surface area contributed by atoms with Crippen molar-refractivity contribution in [1.82, 2.24) is 4.90 Å². The zero-order chi connectivity index (χ0) is 24.9. The number of rotatable bonds is 6. The summed E-state index contributed by atoms with van der Waals surface area (Å²) in [6.45, 7) is 2.52. The quantitative estimate of drug-likeness (QED) is 0.586. The second-order valence-electron chi connectivity index (χ2n) is 11.7. The molecule has 4 aliphatic carbocycles. The molecule has 2 aromatic carbocycles. The fraction of sp³-hybridized carbons (Fsp3) is 0.552. The molecule has 1 heterocycles. The van der Waals surface area contributed by atoms with Gasteiger partial charge in [0.05, 0.1) is 11.9 Å². The Labute approximate surface area is 215 Å². The van der Waals surface area contributed by atoms with Crippen LogP contribution in [0.15, 0.2) is 54.6 Å². The van der Waals surface area contributed by atoms with Gasteiger partial charge in [0, 0.05) is 31.9 Å². The van der Waals surface area contributed by atoms with Crippen LogP contribution in [0, 0.1) is 17.8 Å². The van der Waals surface area contributed by atoms with E-state index in [9.17, 15) is 13.2 Å². The van der Waals surface area contributed by atoms with Crippen molar-refractivity contribution >= 4 is 27.3 Å². The van der Waals surface area contributed by atoms with Crippen molar-refractivity contribution in [2.24, 2.45) is 17.8 Å². The highest BCUT2D eigenvalue weighted by Gasteiger charge is 2.51. The number of carbonyl (C=O) groups excluding carboxylic acids is 1. The van der Waals surface area contributed by atoms with E-state index in [1.807, 2.05) is 30.3 Å². The van der Waals surface area contributed by atoms with Gasteiger partial charge in [-0.05, 0) is 91.5 Å². The van der Waals surface area contributed by atoms with Crippen LogP contribution in [0.25, 0.3) is 0 Å². The van der Waals surface area contributed by atoms with Crippen LogP contribution < -0.4 is 9.21 Å². The average Bonchev–Trinajstić information content (AvgIpc) is 2.86. The summed E-state index contributed by atoms with van der Waals surface area (Å²) in [5.41, 5.74) is 3.38. The molecular formula is C29H37N3O3S. The maximum absolute atomic E-state index is 13.2. The second-order valence-corrected chi connectivity index (χ2v) is 13.6. The lowest BCUT2D eigenvalue weighted by Gasteiger charge is -2.57. The van der Waals surface area contributed by atoms with E-state index in [1.54, 1.807) is 4.90 Å². The van der Waals surface area contributed by atoms with Crippen LogP contribution in [0.1, 0.15) is 44.1 Å². The molecule has 1 saturated heterocycles. The Morgan fingerprint density at radius 1 is 0.861 bits per heavy atom. The van der Waals surface area contributed by atoms with Gasteiger partial charge in [0.15, 0.2) is 0 Å². The van der Waals surface area contributed by atoms with Crippen LogP contribution in [-0.2, 0) is 20.2 Å². The Morgan fingerprint density at radius 3 is 1.94 bits per heavy atom. The smallest absolute Gasteiger partial charge is 0.243 e. The highest BCUT2D eigenvalue weighted by Crippen LogP contribution is 2.60. The summed E-state index contributed by atoms with van der Waals surface area (Å²) >= 11 is 0. The fourth-order valence-corrected chi connectivity index (χ4v) is 8.77. The second kappa shape index (κ2) is 9.09. The van der Waals surface area contributed by atoms with E-state index in [-0.39, 0.29) is 17.9 Å². The lowest BCUT2D eigenvalue weighted by atomic mass is 9.48. The molecule has 0 radical (unpaired) electrons. The number of sulfonamides is 1. The number of anilines is 2. The first-order valence-corrected chi connectivity index (χ1v) is 15.3. The molecule has 2 aromatic rings. The molecule has 5 aliphatic rings. The molecule has 1 amide bonds. The first kappa shape index (κ1) is 23.8. The maximum Gasteiger partial charge on any atom is 0.243 e. The number of para-hydroxylation sites is 1. The van der Waals surface area contributed by atoms with Gasteiger partial charge in [-0.15, -0.1) is 0 Å². The molecule has 5 fully saturated rings. The van der Waals surface area contributed by atoms with Crippen LogP contribution >= 0.6 is 0 Å². The lowest BCUT2D eigenvalue weighted by Crippen LogP contribution is -2.52. The predicted molar refractivity (Wildman–Crippen MR) is 144 cm³/mol. The van der Waals surface area contributed by atoms with Gasteiger partial charge in [-0.2, -0.15) is 0 Å². The van der Waals surface area contributed by atoms with Crippen molar-refractivity contribution < 1.29 is 13.2 Å². The van der Waals surface area contributed by atoms with Gasteiger partial charge in [-0.1, -0.05) is 30.3 Å². The van der Waals surface area contributed by atoms with Gasteiger partial charge in [-0.25, -0.2) is 8.42 Å². The van der Waals surface area contributed by atoms with Gasteiger partial charge >= 0.3 is 0 Å². The summed E-state index contributed by atoms with van der Waals surface area (Å²) in [5.74, 6) is 2.45. The Kier molecular flexibility index (Phi) is 6.02. The zero-order valence-electron chi connectivity index (χ0n) is 21.2. The molecule has 0 atom stereocenters. The highest BCUT2D eigenvalue weighted by molar-refractivity contribution is 7.92. The van der Waals surface area contributed by atoms with Crippen molar-refractivity contribution in [2.45, 2.75) is 43.9 Å². The molecule has 36 heavy (non-hydrogen) atoms. The number of piperazine rings is 1. The maximum atomic E-state index is 13.2. The van der Waals surface area contributed by atoms with Crippen LogP contribution in [0.5, 0.6) is 0 Å². The Balaban J connectivity index is 1.14. The number of nitrogens with zero attached hydrogens (tertiary/aromatic N) is 3. The third-order valence-corrected chi connectivity index (χ3v) is 10.4. The van der Waals surface area contributed by atoms with E-state index in [2.05, 4.69) is 29.2 Å². The van der Waals surface area contributed by atoms with Crippen LogP contribution in [0.3, 0.4) is 0 Å². The first-order chi connectivity index (χ1) is 17.3. The van der Waals surface area contributed by atoms with E-state index in [4.69, 9.17) is 0 Å². The summed E-state index contributed by atoms with van der Waals surface area (Å²) in [4.78, 5) is 17.2. The van der Waals surface area contributed by atoms with Crippen molar-refractivity contribution in [3.63, 3.8) is 0 Å². The number of hydrogen-bond acceptors (Lipinski definition) is 4. The van der Waals surface area contributed by atoms with Crippen LogP contribution in [-0.4, -0.2) is 58.2 Å². The summed E-state index contributed by atoms with van der Waals surface area (Å²) in [5, 5.41) is 0. The van der Waals surface area contributed by atoms with Gasteiger partial charge in [-0.3, -0.25) is 9.10 Å². The highest BCUT2D eigenvalue weighted by atomic mass is 32.2. The molecule has 0 unspecified atom stereocenters. The monoisotopic (exact) mass is 507 g/mol. The zero-order valence-corrected chi connectivity index (χ0v) is 22.0. The Morgan fingerprint density at radius 2 is 1.42 bits per heavy atom. The largest absolute Gasteiger partial charge is 0.368 e. The molecule has 0 N–H and O–H groups in total. The van der Waals surface area contributed by atoms with E-state index in [1.165, 1.54) is 54.6 Å². The molecular weight excluding hydrogens is 470 g/mol. The topological polar surface area (TPSA) is 60.9 Å². The average molecular weight is 508 g/mol. The molecule has 0 spiro atoms. The van der Waals surface area contributed by atoms with E-state index >= 15 is 0 Å². The molecule has 1 aliphatic heterocycles. The number of benzene rings is 2. The van der Waals surface area contributed by atoms with Crippen LogP contribution in [0.4, 0.5) is 11.4 Å². The van der Waals surface area contributed by atoms with Crippen molar-refractivity contribution in [1.29, 1.82) is 0 Å². The molecule has 192 valence electrons. The van der Waals surface area contributed by atoms with E-state index in [0.29, 0.717) is 18.8 Å². The molecule has 6 nitrogen and oxygen atoms in total. The van der Waals surface area contributed by atoms with Crippen molar-refractivity contribution in [2.75, 3.05) is 48.2 Å². The fourth-order valence-electron chi connectivity index (χ4n) is 7.92. The summed E-state index contributed by atoms with van der Waals surface area (Å²) in [6, 6.07) is 18.3. The number of amides is 1. The van der Waals surface area contributed by atoms with Crippen LogP contribution in [0.2, 0.25) is 0 Å². The molecule has 4 saturated carbocycles. The van der Waals surface area contributed by atoms with Gasteiger partial charge in [0.1, 0.15) is 6.54 Å². The Hall–Kier alpha value is -2.54. The summed E-state index contributed by atoms with van der Waals surface area (Å²) in [7, 11) is -3.59. The number of hydrogen-bond donors (Lipinski definition) is 0. The summed E-state index contributed by atoms with van der Waals surface area (Å²) in [6.07, 6.45) is 9.24. The standard InChI is InChI=1S/C29H37N3O3S/c1-36(34,35)32(21-28(33)31-13-11-30(12-14-31)26-5-3-2-4-6-26)27-9-7-25(8-10-27)29-18-22-15-23(19-29)17-24(16-22)20-29/h2-10,22-24H,11-21H2,1H3. The van der Waals surface area contributed by atoms with E-state index in [0.717, 1.165) is 36.5 Å². The minimum atomic E-state index is -3.59. The normalized spacial score (nSPS) is 29.4. The Bertz CT molecular complexity index is 1170. The molecule has 0 aromatic heterocycles. The number of carbonyl (C=O) groups is 1. The van der Waals surface area contributed by atoms with E-state index < -0.39 is 10.0 Å². The van der Waals surface area contributed by atoms with Gasteiger partial charge < -0.3 is 9.80 Å². The lowest BCUT2D eigenvalue weighted by molar-refractivity contribution is -0.129. The van der Waals surface area contributed by atoms with Gasteiger partial charge in [0.2, 0.25) is 15.9 Å². The molecule has 7 rings (SSSR count).